The number of hydrogen-bond acceptors (Lipinski definition) is 3. The number of para-hydroxylation sites is 1. The molecule has 36 heavy (non-hydrogen) atoms. The first-order valence-electron chi connectivity index (χ1n) is 12.5. The van der Waals surface area contributed by atoms with Gasteiger partial charge in [0.2, 0.25) is 5.91 Å². The highest BCUT2D eigenvalue weighted by Crippen LogP contribution is 2.43. The van der Waals surface area contributed by atoms with Crippen molar-refractivity contribution in [3.8, 4) is 0 Å². The van der Waals surface area contributed by atoms with Crippen molar-refractivity contribution in [1.82, 2.24) is 9.88 Å². The molecule has 3 heterocycles. The number of carbonyl (C=O) groups is 2. The molecule has 4 aromatic rings. The summed E-state index contributed by atoms with van der Waals surface area (Å²) >= 11 is 0. The molecule has 1 aromatic heterocycles. The Bertz CT molecular complexity index is 1450. The second kappa shape index (κ2) is 8.64. The molecule has 6 rings (SSSR count). The molecule has 2 aliphatic rings. The Labute approximate surface area is 210 Å². The maximum absolute atomic E-state index is 13.4. The normalized spacial score (nSPS) is 17.3. The fraction of sp³-hybridized carbons (Fsp3) is 0.267. The topological polar surface area (TPSA) is 68.4 Å². The van der Waals surface area contributed by atoms with Crippen LogP contribution in [0.25, 0.3) is 10.9 Å². The van der Waals surface area contributed by atoms with E-state index in [1.807, 2.05) is 73.5 Å². The summed E-state index contributed by atoms with van der Waals surface area (Å²) in [6, 6.07) is 24.0. The van der Waals surface area contributed by atoms with Gasteiger partial charge in [0.25, 0.3) is 5.91 Å². The number of amides is 2. The zero-order valence-corrected chi connectivity index (χ0v) is 20.6. The number of fused-ring (bicyclic) bond motifs is 2. The molecule has 3 aromatic carbocycles. The average molecular weight is 479 g/mol. The molecule has 6 heteroatoms. The van der Waals surface area contributed by atoms with Gasteiger partial charge in [-0.25, -0.2) is 0 Å². The van der Waals surface area contributed by atoms with Gasteiger partial charge in [0.1, 0.15) is 0 Å². The van der Waals surface area contributed by atoms with Gasteiger partial charge in [-0.15, -0.1) is 0 Å². The third-order valence-corrected chi connectivity index (χ3v) is 7.56. The Balaban J connectivity index is 1.16. The summed E-state index contributed by atoms with van der Waals surface area (Å²) in [4.78, 5) is 34.1. The molecule has 182 valence electrons. The van der Waals surface area contributed by atoms with Crippen LogP contribution in [0.4, 0.5) is 11.4 Å². The molecule has 0 aliphatic carbocycles. The summed E-state index contributed by atoms with van der Waals surface area (Å²) in [5.41, 5.74) is 4.77. The third kappa shape index (κ3) is 3.88. The summed E-state index contributed by atoms with van der Waals surface area (Å²) < 4.78 is 0. The highest BCUT2D eigenvalue weighted by molar-refractivity contribution is 6.12. The quantitative estimate of drug-likeness (QED) is 0.401. The van der Waals surface area contributed by atoms with E-state index in [1.165, 1.54) is 5.56 Å². The van der Waals surface area contributed by atoms with Crippen molar-refractivity contribution in [2.45, 2.75) is 25.8 Å². The van der Waals surface area contributed by atoms with E-state index >= 15 is 0 Å². The molecular formula is C30H30N4O2. The number of nitrogens with zero attached hydrogens (tertiary/aromatic N) is 2. The van der Waals surface area contributed by atoms with Gasteiger partial charge in [0, 0.05) is 60.4 Å². The van der Waals surface area contributed by atoms with Crippen LogP contribution < -0.4 is 10.2 Å². The number of likely N-dealkylation sites (tertiary alicyclic amines) is 1. The Morgan fingerprint density at radius 1 is 1.03 bits per heavy atom. The molecule has 0 saturated carbocycles. The van der Waals surface area contributed by atoms with E-state index in [0.29, 0.717) is 18.0 Å². The lowest BCUT2D eigenvalue weighted by Crippen LogP contribution is -2.52. The second-order valence-corrected chi connectivity index (χ2v) is 10.5. The molecule has 1 fully saturated rings. The smallest absolute Gasteiger partial charge is 0.255 e. The van der Waals surface area contributed by atoms with E-state index < -0.39 is 5.41 Å². The number of rotatable bonds is 6. The standard InChI is InChI=1S/C30H30N4O2/c1-30(2)24-14-22(28(35)32-26-15-31-25-11-7-6-10-23(25)26)12-13-27(24)34(29(30)36)19-21-17-33(18-21)16-20-8-4-3-5-9-20/h3-15,21,31H,16-19H2,1-2H3,(H,32,35). The molecule has 0 bridgehead atoms. The molecule has 1 saturated heterocycles. The lowest BCUT2D eigenvalue weighted by atomic mass is 9.85. The van der Waals surface area contributed by atoms with Crippen molar-refractivity contribution in [3.05, 3.63) is 95.7 Å². The fourth-order valence-corrected chi connectivity index (χ4v) is 5.55. The number of benzene rings is 3. The second-order valence-electron chi connectivity index (χ2n) is 10.5. The molecule has 0 spiro atoms. The average Bonchev–Trinajstić information content (AvgIpc) is 3.35. The van der Waals surface area contributed by atoms with Crippen molar-refractivity contribution in [3.63, 3.8) is 0 Å². The Morgan fingerprint density at radius 3 is 2.58 bits per heavy atom. The van der Waals surface area contributed by atoms with Crippen LogP contribution in [0, 0.1) is 5.92 Å². The van der Waals surface area contributed by atoms with Gasteiger partial charge in [-0.3, -0.25) is 14.5 Å². The molecular weight excluding hydrogens is 448 g/mol. The van der Waals surface area contributed by atoms with E-state index in [-0.39, 0.29) is 11.8 Å². The number of hydrogen-bond donors (Lipinski definition) is 2. The first kappa shape index (κ1) is 22.6. The zero-order valence-electron chi connectivity index (χ0n) is 20.6. The Hall–Kier alpha value is -3.90. The van der Waals surface area contributed by atoms with Gasteiger partial charge < -0.3 is 15.2 Å². The number of anilines is 2. The molecule has 0 radical (unpaired) electrons. The SMILES string of the molecule is CC1(C)C(=O)N(CC2CN(Cc3ccccc3)C2)c2ccc(C(=O)Nc3c[nH]c4ccccc34)cc21. The number of carbonyl (C=O) groups excluding carboxylic acids is 2. The predicted molar refractivity (Wildman–Crippen MR) is 143 cm³/mol. The minimum Gasteiger partial charge on any atom is -0.359 e. The molecule has 2 aliphatic heterocycles. The van der Waals surface area contributed by atoms with Crippen molar-refractivity contribution < 1.29 is 9.59 Å². The first-order valence-corrected chi connectivity index (χ1v) is 12.5. The molecule has 0 unspecified atom stereocenters. The molecule has 2 N–H and O–H groups in total. The monoisotopic (exact) mass is 478 g/mol. The molecule has 0 atom stereocenters. The van der Waals surface area contributed by atoms with Crippen LogP contribution in [0.1, 0.15) is 35.3 Å². The summed E-state index contributed by atoms with van der Waals surface area (Å²) in [6.45, 7) is 7.54. The van der Waals surface area contributed by atoms with E-state index in [4.69, 9.17) is 0 Å². The van der Waals surface area contributed by atoms with Crippen LogP contribution in [-0.4, -0.2) is 41.3 Å². The van der Waals surface area contributed by atoms with E-state index in [1.54, 1.807) is 0 Å². The van der Waals surface area contributed by atoms with Crippen LogP contribution in [0.15, 0.2) is 79.0 Å². The highest BCUT2D eigenvalue weighted by Gasteiger charge is 2.45. The van der Waals surface area contributed by atoms with Gasteiger partial charge in [-0.05, 0) is 49.2 Å². The van der Waals surface area contributed by atoms with E-state index in [9.17, 15) is 9.59 Å². The summed E-state index contributed by atoms with van der Waals surface area (Å²) in [6.07, 6.45) is 1.81. The predicted octanol–water partition coefficient (Wildman–Crippen LogP) is 5.18. The number of H-pyrrole nitrogens is 1. The summed E-state index contributed by atoms with van der Waals surface area (Å²) in [5, 5.41) is 3.99. The third-order valence-electron chi connectivity index (χ3n) is 7.56. The van der Waals surface area contributed by atoms with Crippen LogP contribution >= 0.6 is 0 Å². The van der Waals surface area contributed by atoms with Gasteiger partial charge in [-0.1, -0.05) is 48.5 Å². The van der Waals surface area contributed by atoms with Crippen molar-refractivity contribution >= 4 is 34.1 Å². The first-order chi connectivity index (χ1) is 17.4. The van der Waals surface area contributed by atoms with Gasteiger partial charge >= 0.3 is 0 Å². The van der Waals surface area contributed by atoms with Crippen LogP contribution in [0.5, 0.6) is 0 Å². The lowest BCUT2D eigenvalue weighted by molar-refractivity contribution is -0.122. The summed E-state index contributed by atoms with van der Waals surface area (Å²) in [5.74, 6) is 0.372. The fourth-order valence-electron chi connectivity index (χ4n) is 5.55. The molecule has 6 nitrogen and oxygen atoms in total. The van der Waals surface area contributed by atoms with E-state index in [0.717, 1.165) is 47.5 Å². The minimum absolute atomic E-state index is 0.105. The van der Waals surface area contributed by atoms with Gasteiger partial charge in [0.05, 0.1) is 11.1 Å². The molecule has 2 amide bonds. The Morgan fingerprint density at radius 2 is 1.78 bits per heavy atom. The van der Waals surface area contributed by atoms with Crippen LogP contribution in [0.3, 0.4) is 0 Å². The zero-order chi connectivity index (χ0) is 24.9. The number of aromatic amines is 1. The number of nitrogens with one attached hydrogen (secondary N) is 2. The maximum Gasteiger partial charge on any atom is 0.255 e. The Kier molecular flexibility index (Phi) is 5.41. The van der Waals surface area contributed by atoms with Gasteiger partial charge in [-0.2, -0.15) is 0 Å². The summed E-state index contributed by atoms with van der Waals surface area (Å²) in [7, 11) is 0. The maximum atomic E-state index is 13.4. The lowest BCUT2D eigenvalue weighted by Gasteiger charge is -2.41. The van der Waals surface area contributed by atoms with E-state index in [2.05, 4.69) is 39.5 Å². The van der Waals surface area contributed by atoms with Crippen LogP contribution in [-0.2, 0) is 16.8 Å². The number of aromatic nitrogens is 1. The largest absolute Gasteiger partial charge is 0.359 e. The minimum atomic E-state index is -0.667. The van der Waals surface area contributed by atoms with Crippen molar-refractivity contribution in [2.24, 2.45) is 5.92 Å². The van der Waals surface area contributed by atoms with Gasteiger partial charge in [0.15, 0.2) is 0 Å². The van der Waals surface area contributed by atoms with Crippen molar-refractivity contribution in [2.75, 3.05) is 29.9 Å². The van der Waals surface area contributed by atoms with Crippen molar-refractivity contribution in [1.29, 1.82) is 0 Å². The van der Waals surface area contributed by atoms with Crippen LogP contribution in [0.2, 0.25) is 0 Å². The highest BCUT2D eigenvalue weighted by atomic mass is 16.2.